The lowest BCUT2D eigenvalue weighted by molar-refractivity contribution is 0.282. The van der Waals surface area contributed by atoms with Crippen molar-refractivity contribution < 1.29 is 18.6 Å². The molecular weight excluding hydrogens is 354 g/mol. The van der Waals surface area contributed by atoms with E-state index < -0.39 is 15.3 Å². The maximum absolute atomic E-state index is 12.8. The molecule has 1 heterocycles. The van der Waals surface area contributed by atoms with E-state index in [1.807, 2.05) is 0 Å². The molecular formula is C18H19N3O4S. The Bertz CT molecular complexity index is 1020. The van der Waals surface area contributed by atoms with Crippen LogP contribution in [0, 0.1) is 0 Å². The Hall–Kier alpha value is -2.68. The minimum Gasteiger partial charge on any atom is -0.493 e. The minimum atomic E-state index is -3.79. The van der Waals surface area contributed by atoms with Gasteiger partial charge < -0.3 is 15.9 Å². The second-order valence-electron chi connectivity index (χ2n) is 5.84. The van der Waals surface area contributed by atoms with Gasteiger partial charge >= 0.3 is 0 Å². The summed E-state index contributed by atoms with van der Waals surface area (Å²) >= 11 is 0. The number of aromatic nitrogens is 1. The number of hydrogen-bond acceptors (Lipinski definition) is 6. The number of sulfonamides is 1. The van der Waals surface area contributed by atoms with Crippen molar-refractivity contribution in [1.29, 1.82) is 0 Å². The van der Waals surface area contributed by atoms with E-state index in [1.165, 1.54) is 6.20 Å². The van der Waals surface area contributed by atoms with Crippen molar-refractivity contribution in [2.24, 2.45) is 5.73 Å². The highest BCUT2D eigenvalue weighted by Crippen LogP contribution is 2.28. The number of nitrogens with zero attached hydrogens (tertiary/aromatic N) is 1. The third-order valence-corrected chi connectivity index (χ3v) is 5.86. The number of benzene rings is 2. The number of aliphatic hydroxyl groups excluding tert-OH is 1. The Morgan fingerprint density at radius 1 is 1.12 bits per heavy atom. The number of fused-ring (bicyclic) bond motifs is 1. The van der Waals surface area contributed by atoms with Crippen molar-refractivity contribution in [3.05, 3.63) is 65.9 Å². The Labute approximate surface area is 151 Å². The molecule has 5 N–H and O–H groups in total. The first kappa shape index (κ1) is 18.1. The molecule has 0 saturated carbocycles. The largest absolute Gasteiger partial charge is 0.493 e. The summed E-state index contributed by atoms with van der Waals surface area (Å²) in [6.07, 6.45) is 1.45. The summed E-state index contributed by atoms with van der Waals surface area (Å²) in [4.78, 5) is 3.79. The van der Waals surface area contributed by atoms with E-state index in [4.69, 9.17) is 10.8 Å². The third-order valence-electron chi connectivity index (χ3n) is 4.13. The van der Waals surface area contributed by atoms with Crippen molar-refractivity contribution in [2.45, 2.75) is 11.9 Å². The van der Waals surface area contributed by atoms with Crippen LogP contribution in [0.15, 0.2) is 54.7 Å². The van der Waals surface area contributed by atoms with E-state index in [-0.39, 0.29) is 19.0 Å². The van der Waals surface area contributed by atoms with Gasteiger partial charge in [0.1, 0.15) is 5.25 Å². The van der Waals surface area contributed by atoms with E-state index >= 15 is 0 Å². The molecule has 0 aliphatic rings. The van der Waals surface area contributed by atoms with Gasteiger partial charge in [-0.3, -0.25) is 4.72 Å². The molecule has 0 bridgehead atoms. The number of rotatable bonds is 6. The van der Waals surface area contributed by atoms with Gasteiger partial charge in [-0.2, -0.15) is 0 Å². The molecule has 0 saturated heterocycles. The molecule has 8 heteroatoms. The maximum atomic E-state index is 12.8. The average Bonchev–Trinajstić information content (AvgIpc) is 2.62. The zero-order valence-corrected chi connectivity index (χ0v) is 14.6. The van der Waals surface area contributed by atoms with Gasteiger partial charge in [-0.05, 0) is 40.8 Å². The highest BCUT2D eigenvalue weighted by Gasteiger charge is 2.26. The van der Waals surface area contributed by atoms with Gasteiger partial charge in [-0.1, -0.05) is 24.3 Å². The summed E-state index contributed by atoms with van der Waals surface area (Å²) in [5.41, 5.74) is 7.32. The molecule has 0 aliphatic heterocycles. The lowest BCUT2D eigenvalue weighted by Crippen LogP contribution is -2.27. The zero-order chi connectivity index (χ0) is 18.7. The summed E-state index contributed by atoms with van der Waals surface area (Å²) in [7, 11) is -3.79. The van der Waals surface area contributed by atoms with E-state index in [0.717, 1.165) is 0 Å². The molecule has 0 aliphatic carbocycles. The minimum absolute atomic E-state index is 0.0912. The lowest BCUT2D eigenvalue weighted by Gasteiger charge is -2.18. The number of pyridine rings is 1. The van der Waals surface area contributed by atoms with Crippen molar-refractivity contribution in [1.82, 2.24) is 4.98 Å². The molecule has 1 aromatic heterocycles. The first-order chi connectivity index (χ1) is 12.4. The van der Waals surface area contributed by atoms with Gasteiger partial charge in [0.2, 0.25) is 15.9 Å². The molecule has 26 heavy (non-hydrogen) atoms. The molecule has 1 unspecified atom stereocenters. The Morgan fingerprint density at radius 2 is 1.85 bits per heavy atom. The Kier molecular flexibility index (Phi) is 5.08. The molecule has 2 aromatic carbocycles. The number of nitrogens with two attached hydrogens (primary N) is 1. The first-order valence-electron chi connectivity index (χ1n) is 7.93. The summed E-state index contributed by atoms with van der Waals surface area (Å²) in [6, 6.07) is 13.1. The molecule has 1 atom stereocenters. The number of aromatic hydroxyl groups is 1. The van der Waals surface area contributed by atoms with Crippen LogP contribution in [0.4, 0.5) is 5.69 Å². The predicted molar refractivity (Wildman–Crippen MR) is 100 cm³/mol. The van der Waals surface area contributed by atoms with Gasteiger partial charge in [-0.25, -0.2) is 13.4 Å². The second-order valence-corrected chi connectivity index (χ2v) is 7.70. The number of aliphatic hydroxyl groups is 1. The fourth-order valence-corrected chi connectivity index (χ4v) is 4.11. The quantitative estimate of drug-likeness (QED) is 0.523. The first-order valence-corrected chi connectivity index (χ1v) is 9.48. The van der Waals surface area contributed by atoms with Gasteiger partial charge in [0.15, 0.2) is 0 Å². The smallest absolute Gasteiger partial charge is 0.241 e. The predicted octanol–water partition coefficient (Wildman–Crippen LogP) is 1.87. The Morgan fingerprint density at radius 3 is 2.50 bits per heavy atom. The Balaban J connectivity index is 1.91. The van der Waals surface area contributed by atoms with Gasteiger partial charge in [0, 0.05) is 23.8 Å². The zero-order valence-electron chi connectivity index (χ0n) is 13.8. The van der Waals surface area contributed by atoms with Crippen molar-refractivity contribution in [3.63, 3.8) is 0 Å². The highest BCUT2D eigenvalue weighted by molar-refractivity contribution is 7.93. The van der Waals surface area contributed by atoms with Crippen LogP contribution in [0.5, 0.6) is 5.88 Å². The summed E-state index contributed by atoms with van der Waals surface area (Å²) < 4.78 is 28.1. The normalized spacial score (nSPS) is 12.8. The van der Waals surface area contributed by atoms with Crippen LogP contribution < -0.4 is 10.5 Å². The summed E-state index contributed by atoms with van der Waals surface area (Å²) in [5, 5.41) is 19.1. The monoisotopic (exact) mass is 373 g/mol. The average molecular weight is 373 g/mol. The van der Waals surface area contributed by atoms with E-state index in [0.29, 0.717) is 27.6 Å². The number of hydrogen-bond donors (Lipinski definition) is 4. The van der Waals surface area contributed by atoms with E-state index in [2.05, 4.69) is 9.71 Å². The molecule has 0 spiro atoms. The van der Waals surface area contributed by atoms with Crippen molar-refractivity contribution in [3.8, 4) is 5.88 Å². The number of nitrogens with one attached hydrogen (secondary N) is 1. The van der Waals surface area contributed by atoms with Crippen LogP contribution in [-0.4, -0.2) is 30.2 Å². The van der Waals surface area contributed by atoms with Crippen LogP contribution >= 0.6 is 0 Å². The standard InChI is InChI=1S/C18H19N3O4S/c19-10-17(13-3-1-12(11-22)2-4-13)26(24,25)21-15-5-6-16-14(9-15)7-8-20-18(16)23/h1-9,17,21-22H,10-11,19H2,(H,20,23). The molecule has 0 amide bonds. The van der Waals surface area contributed by atoms with Crippen LogP contribution in [0.2, 0.25) is 0 Å². The van der Waals surface area contributed by atoms with E-state index in [1.54, 1.807) is 48.5 Å². The second kappa shape index (κ2) is 7.28. The molecule has 136 valence electrons. The van der Waals surface area contributed by atoms with Crippen molar-refractivity contribution in [2.75, 3.05) is 11.3 Å². The fourth-order valence-electron chi connectivity index (χ4n) is 2.74. The molecule has 7 nitrogen and oxygen atoms in total. The lowest BCUT2D eigenvalue weighted by atomic mass is 10.1. The SMILES string of the molecule is NCC(c1ccc(CO)cc1)S(=O)(=O)Nc1ccc2c(O)nccc2c1. The molecule has 3 rings (SSSR count). The summed E-state index contributed by atoms with van der Waals surface area (Å²) in [5.74, 6) is -0.110. The van der Waals surface area contributed by atoms with Crippen LogP contribution in [0.1, 0.15) is 16.4 Å². The molecule has 0 radical (unpaired) electrons. The van der Waals surface area contributed by atoms with Gasteiger partial charge in [0.25, 0.3) is 0 Å². The summed E-state index contributed by atoms with van der Waals surface area (Å²) in [6.45, 7) is -0.205. The van der Waals surface area contributed by atoms with Crippen molar-refractivity contribution >= 4 is 26.5 Å². The van der Waals surface area contributed by atoms with Gasteiger partial charge in [0.05, 0.1) is 6.61 Å². The van der Waals surface area contributed by atoms with Crippen LogP contribution in [0.25, 0.3) is 10.8 Å². The highest BCUT2D eigenvalue weighted by atomic mass is 32.2. The van der Waals surface area contributed by atoms with Gasteiger partial charge in [-0.15, -0.1) is 0 Å². The molecule has 3 aromatic rings. The van der Waals surface area contributed by atoms with Crippen LogP contribution in [0.3, 0.4) is 0 Å². The maximum Gasteiger partial charge on any atom is 0.241 e. The molecule has 0 fully saturated rings. The fraction of sp³-hybridized carbons (Fsp3) is 0.167. The topological polar surface area (TPSA) is 126 Å². The third kappa shape index (κ3) is 3.62. The van der Waals surface area contributed by atoms with E-state index in [9.17, 15) is 13.5 Å². The van der Waals surface area contributed by atoms with Crippen LogP contribution in [-0.2, 0) is 16.6 Å². The number of anilines is 1.